The van der Waals surface area contributed by atoms with Crippen LogP contribution in [0, 0.1) is 5.82 Å². The van der Waals surface area contributed by atoms with E-state index in [0.29, 0.717) is 4.90 Å². The third-order valence-corrected chi connectivity index (χ3v) is 4.98. The van der Waals surface area contributed by atoms with Gasteiger partial charge in [-0.1, -0.05) is 12.1 Å². The summed E-state index contributed by atoms with van der Waals surface area (Å²) >= 11 is 1.35. The zero-order chi connectivity index (χ0) is 20.0. The summed E-state index contributed by atoms with van der Waals surface area (Å²) in [7, 11) is 0. The van der Waals surface area contributed by atoms with Crippen LogP contribution in [0.1, 0.15) is 30.5 Å². The van der Waals surface area contributed by atoms with Crippen LogP contribution in [0.4, 0.5) is 17.6 Å². The fraction of sp³-hybridized carbons (Fsp3) is 0.250. The summed E-state index contributed by atoms with van der Waals surface area (Å²) in [6.07, 6.45) is -2.76. The first-order chi connectivity index (χ1) is 12.5. The van der Waals surface area contributed by atoms with Gasteiger partial charge in [0.1, 0.15) is 11.6 Å². The maximum absolute atomic E-state index is 14.6. The largest absolute Gasteiger partial charge is 0.478 e. The molecule has 0 unspecified atom stereocenters. The zero-order valence-electron chi connectivity index (χ0n) is 14.8. The number of alkyl halides is 3. The van der Waals surface area contributed by atoms with Gasteiger partial charge in [0.05, 0.1) is 16.7 Å². The highest BCUT2D eigenvalue weighted by molar-refractivity contribution is 7.98. The molecule has 0 saturated heterocycles. The molecule has 0 bridgehead atoms. The number of thioether (sulfide) groups is 1. The predicted octanol–water partition coefficient (Wildman–Crippen LogP) is 5.81. The predicted molar refractivity (Wildman–Crippen MR) is 96.6 cm³/mol. The van der Waals surface area contributed by atoms with Crippen molar-refractivity contribution in [1.29, 1.82) is 0 Å². The van der Waals surface area contributed by atoms with E-state index in [1.165, 1.54) is 49.9 Å². The highest BCUT2D eigenvalue weighted by Crippen LogP contribution is 2.43. The average molecular weight is 396 g/mol. The van der Waals surface area contributed by atoms with Crippen LogP contribution in [-0.2, 0) is 15.7 Å². The molecule has 27 heavy (non-hydrogen) atoms. The van der Waals surface area contributed by atoms with Gasteiger partial charge >= 0.3 is 6.18 Å². The molecule has 2 aromatic rings. The molecule has 1 aliphatic rings. The highest BCUT2D eigenvalue weighted by Gasteiger charge is 2.44. The molecule has 0 aromatic heterocycles. The van der Waals surface area contributed by atoms with Crippen molar-refractivity contribution in [2.24, 2.45) is 0 Å². The number of hydrogen-bond acceptors (Lipinski definition) is 3. The average Bonchev–Trinajstić information content (AvgIpc) is 2.83. The minimum atomic E-state index is -4.56. The summed E-state index contributed by atoms with van der Waals surface area (Å²) in [5.74, 6) is -1.15. The Kier molecular flexibility index (Phi) is 4.84. The quantitative estimate of drug-likeness (QED) is 0.484. The van der Waals surface area contributed by atoms with Gasteiger partial charge < -0.3 is 4.74 Å². The van der Waals surface area contributed by atoms with Crippen molar-refractivity contribution in [1.82, 2.24) is 0 Å². The molecule has 1 heterocycles. The lowest BCUT2D eigenvalue weighted by molar-refractivity contribution is -0.137. The Balaban J connectivity index is 2.22. The minimum Gasteiger partial charge on any atom is -0.478 e. The van der Waals surface area contributed by atoms with Gasteiger partial charge in [-0.3, -0.25) is 4.79 Å². The topological polar surface area (TPSA) is 26.3 Å². The van der Waals surface area contributed by atoms with Gasteiger partial charge in [0, 0.05) is 4.90 Å². The molecule has 7 heteroatoms. The van der Waals surface area contributed by atoms with Crippen LogP contribution in [0.3, 0.4) is 0 Å². The molecule has 0 aliphatic carbocycles. The number of carbonyl (C=O) groups excluding carboxylic acids is 1. The number of benzene rings is 2. The summed E-state index contributed by atoms with van der Waals surface area (Å²) in [4.78, 5) is 13.5. The molecule has 0 fully saturated rings. The summed E-state index contributed by atoms with van der Waals surface area (Å²) < 4.78 is 59.5. The molecule has 0 radical (unpaired) electrons. The fourth-order valence-electron chi connectivity index (χ4n) is 2.87. The van der Waals surface area contributed by atoms with E-state index in [-0.39, 0.29) is 22.5 Å². The van der Waals surface area contributed by atoms with Crippen LogP contribution in [-0.4, -0.2) is 17.6 Å². The van der Waals surface area contributed by atoms with Crippen LogP contribution >= 0.6 is 11.8 Å². The second kappa shape index (κ2) is 6.71. The maximum atomic E-state index is 14.6. The second-order valence-corrected chi connectivity index (χ2v) is 7.45. The molecule has 2 nitrogen and oxygen atoms in total. The standard InChI is InChI=1S/C20H16F4O2S/c1-19(2)18(25)16(11-5-4-6-12(9-11)20(22,23)24)17(26-19)14-8-7-13(27-3)10-15(14)21/h4-10H,1-3H3. The maximum Gasteiger partial charge on any atom is 0.416 e. The molecule has 0 spiro atoms. The Bertz CT molecular complexity index is 945. The lowest BCUT2D eigenvalue weighted by Crippen LogP contribution is -2.29. The highest BCUT2D eigenvalue weighted by atomic mass is 32.2. The smallest absolute Gasteiger partial charge is 0.416 e. The SMILES string of the molecule is CSc1ccc(C2=C(c3cccc(C(F)(F)F)c3)C(=O)C(C)(C)O2)c(F)c1. The Hall–Kier alpha value is -2.28. The van der Waals surface area contributed by atoms with Crippen molar-refractivity contribution < 1.29 is 27.1 Å². The summed E-state index contributed by atoms with van der Waals surface area (Å²) in [6, 6.07) is 8.85. The number of hydrogen-bond donors (Lipinski definition) is 0. The number of Topliss-reactive ketones (excluding diaryl/α,β-unsaturated/α-hetero) is 1. The molecule has 0 amide bonds. The Labute approximate surface area is 158 Å². The first kappa shape index (κ1) is 19.5. The molecule has 3 rings (SSSR count). The van der Waals surface area contributed by atoms with Crippen LogP contribution in [0.25, 0.3) is 11.3 Å². The Morgan fingerprint density at radius 2 is 1.78 bits per heavy atom. The van der Waals surface area contributed by atoms with Crippen LogP contribution in [0.15, 0.2) is 47.4 Å². The number of ketones is 1. The van der Waals surface area contributed by atoms with Crippen LogP contribution in [0.5, 0.6) is 0 Å². The van der Waals surface area contributed by atoms with E-state index in [1.54, 1.807) is 12.3 Å². The normalized spacial score (nSPS) is 16.6. The number of ether oxygens (including phenoxy) is 1. The van der Waals surface area contributed by atoms with E-state index < -0.39 is 28.9 Å². The van der Waals surface area contributed by atoms with Crippen molar-refractivity contribution >= 4 is 28.9 Å². The molecule has 0 N–H and O–H groups in total. The lowest BCUT2D eigenvalue weighted by atomic mass is 9.91. The number of carbonyl (C=O) groups is 1. The van der Waals surface area contributed by atoms with Gasteiger partial charge in [0.15, 0.2) is 5.60 Å². The van der Waals surface area contributed by atoms with E-state index in [2.05, 4.69) is 0 Å². The molecule has 1 aliphatic heterocycles. The van der Waals surface area contributed by atoms with Crippen molar-refractivity contribution in [3.8, 4) is 0 Å². The van der Waals surface area contributed by atoms with E-state index in [4.69, 9.17) is 4.74 Å². The monoisotopic (exact) mass is 396 g/mol. The van der Waals surface area contributed by atoms with E-state index in [0.717, 1.165) is 12.1 Å². The van der Waals surface area contributed by atoms with Gasteiger partial charge in [-0.15, -0.1) is 11.8 Å². The molecular formula is C20H16F4O2S. The lowest BCUT2D eigenvalue weighted by Gasteiger charge is -2.18. The van der Waals surface area contributed by atoms with E-state index in [9.17, 15) is 22.4 Å². The molecule has 0 saturated carbocycles. The van der Waals surface area contributed by atoms with E-state index >= 15 is 0 Å². The summed E-state index contributed by atoms with van der Waals surface area (Å²) in [6.45, 7) is 3.01. The van der Waals surface area contributed by atoms with Gasteiger partial charge in [0.25, 0.3) is 0 Å². The second-order valence-electron chi connectivity index (χ2n) is 6.57. The third-order valence-electron chi connectivity index (χ3n) is 4.26. The fourth-order valence-corrected chi connectivity index (χ4v) is 3.29. The van der Waals surface area contributed by atoms with Gasteiger partial charge in [-0.25, -0.2) is 4.39 Å². The minimum absolute atomic E-state index is 0.0409. The van der Waals surface area contributed by atoms with Crippen LogP contribution < -0.4 is 0 Å². The Morgan fingerprint density at radius 3 is 2.37 bits per heavy atom. The van der Waals surface area contributed by atoms with Gasteiger partial charge in [-0.2, -0.15) is 13.2 Å². The zero-order valence-corrected chi connectivity index (χ0v) is 15.6. The third kappa shape index (κ3) is 3.60. The van der Waals surface area contributed by atoms with Crippen LogP contribution in [0.2, 0.25) is 0 Å². The first-order valence-electron chi connectivity index (χ1n) is 8.04. The first-order valence-corrected chi connectivity index (χ1v) is 9.26. The van der Waals surface area contributed by atoms with Gasteiger partial charge in [0.2, 0.25) is 5.78 Å². The molecule has 2 aromatic carbocycles. The molecule has 142 valence electrons. The van der Waals surface area contributed by atoms with Gasteiger partial charge in [-0.05, 0) is 56.0 Å². The van der Waals surface area contributed by atoms with E-state index in [1.807, 2.05) is 0 Å². The summed E-state index contributed by atoms with van der Waals surface area (Å²) in [5.41, 5.74) is -2.16. The molecular weight excluding hydrogens is 380 g/mol. The van der Waals surface area contributed by atoms with Crippen molar-refractivity contribution in [2.75, 3.05) is 6.26 Å². The van der Waals surface area contributed by atoms with Crippen molar-refractivity contribution in [3.05, 3.63) is 65.0 Å². The van der Waals surface area contributed by atoms with Crippen molar-refractivity contribution in [2.45, 2.75) is 30.5 Å². The summed E-state index contributed by atoms with van der Waals surface area (Å²) in [5, 5.41) is 0. The number of rotatable bonds is 3. The number of halogens is 4. The Morgan fingerprint density at radius 1 is 1.07 bits per heavy atom. The molecule has 0 atom stereocenters. The van der Waals surface area contributed by atoms with Crippen molar-refractivity contribution in [3.63, 3.8) is 0 Å².